The highest BCUT2D eigenvalue weighted by molar-refractivity contribution is 6.46. The fourth-order valence-corrected chi connectivity index (χ4v) is 4.34. The lowest BCUT2D eigenvalue weighted by Gasteiger charge is -2.25. The lowest BCUT2D eigenvalue weighted by atomic mass is 9.95. The van der Waals surface area contributed by atoms with Crippen molar-refractivity contribution < 1.29 is 28.9 Å². The summed E-state index contributed by atoms with van der Waals surface area (Å²) in [5.41, 5.74) is 1.82. The van der Waals surface area contributed by atoms with Crippen LogP contribution in [0.4, 0.5) is 0 Å². The first-order valence-electron chi connectivity index (χ1n) is 11.4. The Kier molecular flexibility index (Phi) is 6.10. The van der Waals surface area contributed by atoms with E-state index in [-0.39, 0.29) is 17.9 Å². The first kappa shape index (κ1) is 22.5. The number of amides is 1. The largest absolute Gasteiger partial charge is 0.507 e. The number of rotatable bonds is 6. The van der Waals surface area contributed by atoms with E-state index >= 15 is 0 Å². The Labute approximate surface area is 202 Å². The molecule has 35 heavy (non-hydrogen) atoms. The molecule has 8 heteroatoms. The number of hydrogen-bond acceptors (Lipinski definition) is 7. The summed E-state index contributed by atoms with van der Waals surface area (Å²) in [6.45, 7) is 3.40. The van der Waals surface area contributed by atoms with Crippen LogP contribution in [0.3, 0.4) is 0 Å². The molecule has 5 rings (SSSR count). The van der Waals surface area contributed by atoms with Gasteiger partial charge in [0.25, 0.3) is 11.7 Å². The molecule has 0 aliphatic carbocycles. The van der Waals surface area contributed by atoms with Gasteiger partial charge in [-0.2, -0.15) is 0 Å². The van der Waals surface area contributed by atoms with Gasteiger partial charge in [-0.3, -0.25) is 14.6 Å². The van der Waals surface area contributed by atoms with E-state index < -0.39 is 17.7 Å². The number of nitrogens with zero attached hydrogens (tertiary/aromatic N) is 2. The minimum absolute atomic E-state index is 0.0136. The molecule has 2 aliphatic rings. The Morgan fingerprint density at radius 2 is 1.86 bits per heavy atom. The second kappa shape index (κ2) is 9.50. The summed E-state index contributed by atoms with van der Waals surface area (Å²) in [5.74, 6) is 0.00239. The van der Waals surface area contributed by atoms with Gasteiger partial charge in [0.2, 0.25) is 0 Å². The van der Waals surface area contributed by atoms with Crippen LogP contribution < -0.4 is 14.2 Å². The van der Waals surface area contributed by atoms with Crippen LogP contribution in [0.5, 0.6) is 17.2 Å². The second-order valence-electron chi connectivity index (χ2n) is 8.15. The van der Waals surface area contributed by atoms with E-state index in [2.05, 4.69) is 4.98 Å². The van der Waals surface area contributed by atoms with Crippen molar-refractivity contribution in [1.29, 1.82) is 0 Å². The molecular formula is C27H24N2O6. The number of hydrogen-bond donors (Lipinski definition) is 1. The molecule has 0 bridgehead atoms. The van der Waals surface area contributed by atoms with Crippen molar-refractivity contribution in [2.24, 2.45) is 0 Å². The summed E-state index contributed by atoms with van der Waals surface area (Å²) in [5, 5.41) is 11.3. The SMILES string of the molecule is CCOc1ccc([C@H]2C(=C(O)c3ccc4c(c3)OCCO4)C(=O)C(=O)N2Cc2cccnc2)cc1. The van der Waals surface area contributed by atoms with Crippen LogP contribution in [-0.2, 0) is 16.1 Å². The Bertz CT molecular complexity index is 1290. The average Bonchev–Trinajstić information content (AvgIpc) is 3.14. The summed E-state index contributed by atoms with van der Waals surface area (Å²) < 4.78 is 16.7. The van der Waals surface area contributed by atoms with Gasteiger partial charge >= 0.3 is 0 Å². The van der Waals surface area contributed by atoms with Gasteiger partial charge in [0, 0.05) is 24.5 Å². The average molecular weight is 472 g/mol. The monoisotopic (exact) mass is 472 g/mol. The molecule has 1 saturated heterocycles. The van der Waals surface area contributed by atoms with Crippen molar-refractivity contribution in [3.63, 3.8) is 0 Å². The van der Waals surface area contributed by atoms with Crippen LogP contribution in [0.25, 0.3) is 5.76 Å². The number of likely N-dealkylation sites (tertiary alicyclic amines) is 1. The fourth-order valence-electron chi connectivity index (χ4n) is 4.34. The maximum atomic E-state index is 13.3. The minimum atomic E-state index is -0.793. The van der Waals surface area contributed by atoms with E-state index in [4.69, 9.17) is 14.2 Å². The van der Waals surface area contributed by atoms with Gasteiger partial charge in [0.05, 0.1) is 18.2 Å². The Morgan fingerprint density at radius 1 is 1.09 bits per heavy atom. The highest BCUT2D eigenvalue weighted by Crippen LogP contribution is 2.42. The number of aliphatic hydroxyl groups excluding tert-OH is 1. The van der Waals surface area contributed by atoms with Gasteiger partial charge in [0.15, 0.2) is 11.5 Å². The molecular weight excluding hydrogens is 448 g/mol. The Balaban J connectivity index is 1.61. The Morgan fingerprint density at radius 3 is 2.57 bits per heavy atom. The van der Waals surface area contributed by atoms with Gasteiger partial charge in [0.1, 0.15) is 24.7 Å². The van der Waals surface area contributed by atoms with Crippen molar-refractivity contribution in [2.75, 3.05) is 19.8 Å². The standard InChI is InChI=1S/C27H24N2O6/c1-2-33-20-8-5-18(6-9-20)24-23(25(30)19-7-10-21-22(14-19)35-13-12-34-21)26(31)27(32)29(24)16-17-4-3-11-28-15-17/h3-11,14-15,24,30H,2,12-13,16H2,1H3/t24-/m0/s1. The molecule has 0 unspecified atom stereocenters. The third-order valence-corrected chi connectivity index (χ3v) is 5.94. The van der Waals surface area contributed by atoms with Crippen molar-refractivity contribution in [3.8, 4) is 17.2 Å². The number of carbonyl (C=O) groups excluding carboxylic acids is 2. The molecule has 2 aliphatic heterocycles. The number of ether oxygens (including phenoxy) is 3. The number of benzene rings is 2. The summed E-state index contributed by atoms with van der Waals surface area (Å²) in [4.78, 5) is 32.0. The quantitative estimate of drug-likeness (QED) is 0.330. The number of fused-ring (bicyclic) bond motifs is 1. The molecule has 0 spiro atoms. The zero-order valence-corrected chi connectivity index (χ0v) is 19.1. The topological polar surface area (TPSA) is 98.2 Å². The van der Waals surface area contributed by atoms with Crippen molar-refractivity contribution in [1.82, 2.24) is 9.88 Å². The zero-order chi connectivity index (χ0) is 24.4. The van der Waals surface area contributed by atoms with Crippen LogP contribution in [-0.4, -0.2) is 46.5 Å². The summed E-state index contributed by atoms with van der Waals surface area (Å²) in [6.07, 6.45) is 3.29. The molecule has 3 aromatic rings. The normalized spacial score (nSPS) is 18.5. The first-order valence-corrected chi connectivity index (χ1v) is 11.4. The van der Waals surface area contributed by atoms with E-state index in [9.17, 15) is 14.7 Å². The van der Waals surface area contributed by atoms with E-state index in [0.29, 0.717) is 48.2 Å². The van der Waals surface area contributed by atoms with Crippen LogP contribution in [0.1, 0.15) is 29.7 Å². The second-order valence-corrected chi connectivity index (χ2v) is 8.15. The van der Waals surface area contributed by atoms with Crippen molar-refractivity contribution in [3.05, 3.63) is 89.3 Å². The van der Waals surface area contributed by atoms with Crippen LogP contribution in [0.2, 0.25) is 0 Å². The summed E-state index contributed by atoms with van der Waals surface area (Å²) in [7, 11) is 0. The number of ketones is 1. The van der Waals surface area contributed by atoms with Crippen molar-refractivity contribution in [2.45, 2.75) is 19.5 Å². The smallest absolute Gasteiger partial charge is 0.295 e. The molecule has 1 N–H and O–H groups in total. The number of pyridine rings is 1. The highest BCUT2D eigenvalue weighted by atomic mass is 16.6. The Hall–Kier alpha value is -4.33. The van der Waals surface area contributed by atoms with E-state index in [1.165, 1.54) is 4.90 Å². The van der Waals surface area contributed by atoms with Gasteiger partial charge in [-0.1, -0.05) is 18.2 Å². The van der Waals surface area contributed by atoms with Gasteiger partial charge in [-0.15, -0.1) is 0 Å². The predicted molar refractivity (Wildman–Crippen MR) is 127 cm³/mol. The van der Waals surface area contributed by atoms with Gasteiger partial charge in [-0.25, -0.2) is 0 Å². The van der Waals surface area contributed by atoms with Crippen LogP contribution >= 0.6 is 0 Å². The number of aliphatic hydroxyl groups is 1. The lowest BCUT2D eigenvalue weighted by Crippen LogP contribution is -2.29. The molecule has 0 saturated carbocycles. The predicted octanol–water partition coefficient (Wildman–Crippen LogP) is 3.87. The van der Waals surface area contributed by atoms with Gasteiger partial charge in [-0.05, 0) is 54.4 Å². The minimum Gasteiger partial charge on any atom is -0.507 e. The number of aromatic nitrogens is 1. The fraction of sp³-hybridized carbons (Fsp3) is 0.222. The van der Waals surface area contributed by atoms with Crippen LogP contribution in [0.15, 0.2) is 72.6 Å². The molecule has 0 radical (unpaired) electrons. The molecule has 1 atom stereocenters. The molecule has 1 fully saturated rings. The molecule has 1 aromatic heterocycles. The summed E-state index contributed by atoms with van der Waals surface area (Å²) >= 11 is 0. The molecule has 178 valence electrons. The zero-order valence-electron chi connectivity index (χ0n) is 19.1. The van der Waals surface area contributed by atoms with E-state index in [0.717, 1.165) is 5.56 Å². The molecule has 1 amide bonds. The van der Waals surface area contributed by atoms with Gasteiger partial charge < -0.3 is 24.2 Å². The third-order valence-electron chi connectivity index (χ3n) is 5.94. The number of carbonyl (C=O) groups is 2. The van der Waals surface area contributed by atoms with E-state index in [1.807, 2.05) is 13.0 Å². The van der Waals surface area contributed by atoms with E-state index in [1.54, 1.807) is 60.9 Å². The maximum Gasteiger partial charge on any atom is 0.295 e. The molecule has 3 heterocycles. The number of Topliss-reactive ketones (excluding diaryl/α,β-unsaturated/α-hetero) is 1. The molecule has 8 nitrogen and oxygen atoms in total. The maximum absolute atomic E-state index is 13.3. The van der Waals surface area contributed by atoms with Crippen LogP contribution in [0, 0.1) is 0 Å². The lowest BCUT2D eigenvalue weighted by molar-refractivity contribution is -0.140. The summed E-state index contributed by atoms with van der Waals surface area (Å²) in [6, 6.07) is 14.9. The highest BCUT2D eigenvalue weighted by Gasteiger charge is 2.46. The van der Waals surface area contributed by atoms with Crippen molar-refractivity contribution >= 4 is 17.4 Å². The molecule has 2 aromatic carbocycles. The first-order chi connectivity index (χ1) is 17.1. The third kappa shape index (κ3) is 4.30.